The number of H-pyrrole nitrogens is 1. The Bertz CT molecular complexity index is 1500. The molecule has 1 N–H and O–H groups in total. The zero-order valence-corrected chi connectivity index (χ0v) is 15.6. The normalized spacial score (nSPS) is 11.4. The molecule has 0 fully saturated rings. The van der Waals surface area contributed by atoms with Crippen LogP contribution >= 0.6 is 0 Å². The maximum atomic E-state index is 4.35. The van der Waals surface area contributed by atoms with Crippen molar-refractivity contribution in [2.45, 2.75) is 0 Å². The lowest BCUT2D eigenvalue weighted by Crippen LogP contribution is -1.89. The molecule has 0 saturated heterocycles. The third-order valence-electron chi connectivity index (χ3n) is 5.60. The second kappa shape index (κ2) is 6.28. The Morgan fingerprint density at radius 1 is 0.483 bits per heavy atom. The van der Waals surface area contributed by atoms with Crippen LogP contribution in [0.15, 0.2) is 97.1 Å². The Morgan fingerprint density at radius 3 is 1.90 bits per heavy atom. The highest BCUT2D eigenvalue weighted by molar-refractivity contribution is 6.15. The number of nitrogens with zero attached hydrogens (tertiary/aromatic N) is 2. The average molecular weight is 371 g/mol. The molecule has 0 saturated carbocycles. The lowest BCUT2D eigenvalue weighted by atomic mass is 9.88. The van der Waals surface area contributed by atoms with Crippen molar-refractivity contribution < 1.29 is 0 Å². The summed E-state index contributed by atoms with van der Waals surface area (Å²) in [6.45, 7) is 0. The van der Waals surface area contributed by atoms with Crippen LogP contribution in [0.25, 0.3) is 54.8 Å². The lowest BCUT2D eigenvalue weighted by Gasteiger charge is -2.15. The summed E-state index contributed by atoms with van der Waals surface area (Å²) in [5.74, 6) is 0. The molecule has 3 nitrogen and oxygen atoms in total. The van der Waals surface area contributed by atoms with E-state index in [9.17, 15) is 0 Å². The SMILES string of the molecule is c1ccc(-c2cc3n[nH]nc3cc2-c2cc3ccccc3c3ccccc23)cc1. The van der Waals surface area contributed by atoms with Crippen LogP contribution in [0.1, 0.15) is 0 Å². The van der Waals surface area contributed by atoms with E-state index in [2.05, 4.69) is 106 Å². The topological polar surface area (TPSA) is 41.6 Å². The van der Waals surface area contributed by atoms with Gasteiger partial charge in [0.25, 0.3) is 0 Å². The van der Waals surface area contributed by atoms with Gasteiger partial charge in [-0.15, -0.1) is 0 Å². The number of fused-ring (bicyclic) bond motifs is 4. The molecule has 5 aromatic carbocycles. The Morgan fingerprint density at radius 2 is 1.10 bits per heavy atom. The number of hydrogen-bond donors (Lipinski definition) is 1. The summed E-state index contributed by atoms with van der Waals surface area (Å²) in [4.78, 5) is 0. The maximum absolute atomic E-state index is 4.35. The summed E-state index contributed by atoms with van der Waals surface area (Å²) in [7, 11) is 0. The quantitative estimate of drug-likeness (QED) is 0.348. The molecule has 0 aliphatic carbocycles. The van der Waals surface area contributed by atoms with Crippen LogP contribution in [-0.2, 0) is 0 Å². The van der Waals surface area contributed by atoms with Crippen LogP contribution in [0.2, 0.25) is 0 Å². The molecule has 29 heavy (non-hydrogen) atoms. The van der Waals surface area contributed by atoms with E-state index >= 15 is 0 Å². The zero-order valence-electron chi connectivity index (χ0n) is 15.6. The minimum atomic E-state index is 0.872. The maximum Gasteiger partial charge on any atom is 0.113 e. The van der Waals surface area contributed by atoms with Crippen LogP contribution in [0, 0.1) is 0 Å². The summed E-state index contributed by atoms with van der Waals surface area (Å²) >= 11 is 0. The molecule has 0 spiro atoms. The molecule has 0 amide bonds. The molecule has 0 bridgehead atoms. The summed E-state index contributed by atoms with van der Waals surface area (Å²) in [6.07, 6.45) is 0. The molecule has 1 heterocycles. The minimum absolute atomic E-state index is 0.872. The van der Waals surface area contributed by atoms with Gasteiger partial charge < -0.3 is 0 Å². The molecule has 1 aromatic heterocycles. The number of aromatic nitrogens is 3. The third-order valence-corrected chi connectivity index (χ3v) is 5.60. The van der Waals surface area contributed by atoms with Gasteiger partial charge in [-0.05, 0) is 62.0 Å². The van der Waals surface area contributed by atoms with Gasteiger partial charge in [-0.2, -0.15) is 15.4 Å². The van der Waals surface area contributed by atoms with Gasteiger partial charge in [-0.3, -0.25) is 0 Å². The van der Waals surface area contributed by atoms with Gasteiger partial charge in [0.2, 0.25) is 0 Å². The van der Waals surface area contributed by atoms with Crippen molar-refractivity contribution >= 4 is 32.6 Å². The minimum Gasteiger partial charge on any atom is -0.197 e. The second-order valence-corrected chi connectivity index (χ2v) is 7.27. The number of aromatic amines is 1. The highest BCUT2D eigenvalue weighted by Crippen LogP contribution is 2.40. The molecule has 136 valence electrons. The fourth-order valence-electron chi connectivity index (χ4n) is 4.25. The number of nitrogens with one attached hydrogen (secondary N) is 1. The average Bonchev–Trinajstić information content (AvgIpc) is 3.26. The standard InChI is InChI=1S/C26H17N3/c1-2-8-17(9-3-1)22-15-25-26(28-29-27-25)16-24(22)23-14-18-10-4-5-11-19(18)20-12-6-7-13-21(20)23/h1-16H,(H,27,28,29). The van der Waals surface area contributed by atoms with E-state index in [1.165, 1.54) is 38.2 Å². The van der Waals surface area contributed by atoms with Gasteiger partial charge >= 0.3 is 0 Å². The Balaban J connectivity index is 1.77. The molecule has 0 radical (unpaired) electrons. The highest BCUT2D eigenvalue weighted by Gasteiger charge is 2.15. The molecular weight excluding hydrogens is 354 g/mol. The number of rotatable bonds is 2. The first-order valence-corrected chi connectivity index (χ1v) is 9.69. The first-order chi connectivity index (χ1) is 14.4. The van der Waals surface area contributed by atoms with E-state index < -0.39 is 0 Å². The van der Waals surface area contributed by atoms with E-state index in [1.807, 2.05) is 6.07 Å². The molecule has 0 unspecified atom stereocenters. The Hall–Kier alpha value is -3.98. The second-order valence-electron chi connectivity index (χ2n) is 7.27. The summed E-state index contributed by atoms with van der Waals surface area (Å²) in [6, 6.07) is 34.3. The Labute approximate surface area is 167 Å². The fourth-order valence-corrected chi connectivity index (χ4v) is 4.25. The lowest BCUT2D eigenvalue weighted by molar-refractivity contribution is 0.959. The van der Waals surface area contributed by atoms with Crippen LogP contribution < -0.4 is 0 Å². The van der Waals surface area contributed by atoms with Gasteiger partial charge in [0.1, 0.15) is 11.0 Å². The summed E-state index contributed by atoms with van der Waals surface area (Å²) in [5.41, 5.74) is 6.45. The van der Waals surface area contributed by atoms with Crippen molar-refractivity contribution in [2.75, 3.05) is 0 Å². The molecule has 3 heteroatoms. The van der Waals surface area contributed by atoms with Crippen molar-refractivity contribution in [3.05, 3.63) is 97.1 Å². The monoisotopic (exact) mass is 371 g/mol. The number of benzene rings is 5. The van der Waals surface area contributed by atoms with Gasteiger partial charge in [0.05, 0.1) is 0 Å². The largest absolute Gasteiger partial charge is 0.197 e. The number of hydrogen-bond acceptors (Lipinski definition) is 2. The van der Waals surface area contributed by atoms with E-state index in [1.54, 1.807) is 0 Å². The van der Waals surface area contributed by atoms with Gasteiger partial charge in [-0.1, -0.05) is 78.9 Å². The van der Waals surface area contributed by atoms with Crippen LogP contribution in [0.3, 0.4) is 0 Å². The van der Waals surface area contributed by atoms with Crippen molar-refractivity contribution in [2.24, 2.45) is 0 Å². The van der Waals surface area contributed by atoms with Gasteiger partial charge in [-0.25, -0.2) is 0 Å². The van der Waals surface area contributed by atoms with Gasteiger partial charge in [0.15, 0.2) is 0 Å². The summed E-state index contributed by atoms with van der Waals surface area (Å²) < 4.78 is 0. The first kappa shape index (κ1) is 16.0. The van der Waals surface area contributed by atoms with E-state index in [0.29, 0.717) is 0 Å². The molecule has 0 atom stereocenters. The van der Waals surface area contributed by atoms with Crippen LogP contribution in [0.5, 0.6) is 0 Å². The Kier molecular flexibility index (Phi) is 3.47. The molecule has 6 rings (SSSR count). The van der Waals surface area contributed by atoms with E-state index in [0.717, 1.165) is 16.6 Å². The van der Waals surface area contributed by atoms with Crippen molar-refractivity contribution in [3.63, 3.8) is 0 Å². The first-order valence-electron chi connectivity index (χ1n) is 9.69. The molecular formula is C26H17N3. The van der Waals surface area contributed by atoms with E-state index in [-0.39, 0.29) is 0 Å². The molecule has 0 aliphatic rings. The third kappa shape index (κ3) is 2.52. The fraction of sp³-hybridized carbons (Fsp3) is 0. The van der Waals surface area contributed by atoms with Crippen molar-refractivity contribution in [3.8, 4) is 22.3 Å². The highest BCUT2D eigenvalue weighted by atomic mass is 15.3. The van der Waals surface area contributed by atoms with Crippen molar-refractivity contribution in [1.29, 1.82) is 0 Å². The van der Waals surface area contributed by atoms with Crippen LogP contribution in [-0.4, -0.2) is 15.4 Å². The van der Waals surface area contributed by atoms with E-state index in [4.69, 9.17) is 0 Å². The molecule has 0 aliphatic heterocycles. The van der Waals surface area contributed by atoms with Crippen molar-refractivity contribution in [1.82, 2.24) is 15.4 Å². The molecule has 6 aromatic rings. The summed E-state index contributed by atoms with van der Waals surface area (Å²) in [5, 5.41) is 16.4. The smallest absolute Gasteiger partial charge is 0.113 e. The predicted molar refractivity (Wildman–Crippen MR) is 120 cm³/mol. The van der Waals surface area contributed by atoms with Gasteiger partial charge in [0, 0.05) is 0 Å². The van der Waals surface area contributed by atoms with Crippen LogP contribution in [0.4, 0.5) is 0 Å². The predicted octanol–water partition coefficient (Wildman–Crippen LogP) is 6.60. The zero-order chi connectivity index (χ0) is 19.2.